The van der Waals surface area contributed by atoms with E-state index in [4.69, 9.17) is 0 Å². The molecule has 1 unspecified atom stereocenters. The first-order valence-electron chi connectivity index (χ1n) is 5.37. The van der Waals surface area contributed by atoms with Crippen LogP contribution in [0.15, 0.2) is 28.7 Å². The largest absolute Gasteiger partial charge is 0.480 e. The molecular formula is C12H17BrN2O2. The lowest BCUT2D eigenvalue weighted by Gasteiger charge is -2.16. The molecule has 1 aromatic carbocycles. The molecule has 0 spiro atoms. The number of carboxylic acid groups (broad SMARTS) is 1. The van der Waals surface area contributed by atoms with Crippen molar-refractivity contribution >= 4 is 21.9 Å². The Balaban J connectivity index is 2.66. The second kappa shape index (κ2) is 6.74. The SMILES string of the molecule is CN(C)CCNC(C(=O)O)c1ccc(Br)cc1. The van der Waals surface area contributed by atoms with E-state index in [1.54, 1.807) is 0 Å². The summed E-state index contributed by atoms with van der Waals surface area (Å²) in [5, 5.41) is 12.2. The minimum absolute atomic E-state index is 0.639. The molecule has 0 bridgehead atoms. The van der Waals surface area contributed by atoms with Gasteiger partial charge in [0.25, 0.3) is 0 Å². The monoisotopic (exact) mass is 300 g/mol. The van der Waals surface area contributed by atoms with Crippen LogP contribution in [0.1, 0.15) is 11.6 Å². The molecule has 1 aromatic rings. The Morgan fingerprint density at radius 2 is 2.00 bits per heavy atom. The van der Waals surface area contributed by atoms with Gasteiger partial charge in [0.15, 0.2) is 0 Å². The second-order valence-corrected chi connectivity index (χ2v) is 5.00. The van der Waals surface area contributed by atoms with E-state index in [1.165, 1.54) is 0 Å². The highest BCUT2D eigenvalue weighted by molar-refractivity contribution is 9.10. The van der Waals surface area contributed by atoms with Crippen molar-refractivity contribution < 1.29 is 9.90 Å². The maximum Gasteiger partial charge on any atom is 0.325 e. The summed E-state index contributed by atoms with van der Waals surface area (Å²) in [5.74, 6) is -0.855. The molecule has 1 rings (SSSR count). The number of carboxylic acids is 1. The molecule has 4 nitrogen and oxygen atoms in total. The Kier molecular flexibility index (Phi) is 5.61. The number of carbonyl (C=O) groups is 1. The lowest BCUT2D eigenvalue weighted by molar-refractivity contribution is -0.139. The summed E-state index contributed by atoms with van der Waals surface area (Å²) in [4.78, 5) is 13.2. The van der Waals surface area contributed by atoms with Crippen LogP contribution in [0.2, 0.25) is 0 Å². The first-order valence-corrected chi connectivity index (χ1v) is 6.16. The molecule has 1 atom stereocenters. The van der Waals surface area contributed by atoms with Crippen molar-refractivity contribution in [2.45, 2.75) is 6.04 Å². The van der Waals surface area contributed by atoms with Gasteiger partial charge in [-0.1, -0.05) is 28.1 Å². The fourth-order valence-electron chi connectivity index (χ4n) is 1.44. The zero-order chi connectivity index (χ0) is 12.8. The van der Waals surface area contributed by atoms with Gasteiger partial charge in [0, 0.05) is 17.6 Å². The normalized spacial score (nSPS) is 12.7. The maximum atomic E-state index is 11.2. The predicted octanol–water partition coefficient (Wildman–Crippen LogP) is 1.73. The van der Waals surface area contributed by atoms with E-state index in [9.17, 15) is 9.90 Å². The van der Waals surface area contributed by atoms with Gasteiger partial charge in [0.1, 0.15) is 6.04 Å². The topological polar surface area (TPSA) is 52.6 Å². The van der Waals surface area contributed by atoms with E-state index in [0.29, 0.717) is 6.54 Å². The highest BCUT2D eigenvalue weighted by atomic mass is 79.9. The van der Waals surface area contributed by atoms with Crippen LogP contribution in [0.3, 0.4) is 0 Å². The van der Waals surface area contributed by atoms with E-state index in [2.05, 4.69) is 21.2 Å². The predicted molar refractivity (Wildman–Crippen MR) is 71.1 cm³/mol. The van der Waals surface area contributed by atoms with Crippen LogP contribution in [0.5, 0.6) is 0 Å². The molecule has 5 heteroatoms. The molecule has 0 heterocycles. The van der Waals surface area contributed by atoms with E-state index in [-0.39, 0.29) is 0 Å². The standard InChI is InChI=1S/C12H17BrN2O2/c1-15(2)8-7-14-11(12(16)17)9-3-5-10(13)6-4-9/h3-6,11,14H,7-8H2,1-2H3,(H,16,17). The van der Waals surface area contributed by atoms with Gasteiger partial charge in [-0.2, -0.15) is 0 Å². The molecule has 0 fully saturated rings. The third kappa shape index (κ3) is 4.85. The minimum atomic E-state index is -0.855. The highest BCUT2D eigenvalue weighted by Gasteiger charge is 2.18. The summed E-state index contributed by atoms with van der Waals surface area (Å²) < 4.78 is 0.943. The van der Waals surface area contributed by atoms with Crippen molar-refractivity contribution in [2.24, 2.45) is 0 Å². The minimum Gasteiger partial charge on any atom is -0.480 e. The van der Waals surface area contributed by atoms with Crippen LogP contribution in [0.25, 0.3) is 0 Å². The van der Waals surface area contributed by atoms with Crippen LogP contribution >= 0.6 is 15.9 Å². The van der Waals surface area contributed by atoms with Gasteiger partial charge in [-0.15, -0.1) is 0 Å². The molecule has 17 heavy (non-hydrogen) atoms. The second-order valence-electron chi connectivity index (χ2n) is 4.08. The summed E-state index contributed by atoms with van der Waals surface area (Å²) >= 11 is 3.33. The third-order valence-electron chi connectivity index (χ3n) is 2.36. The first-order chi connectivity index (χ1) is 8.00. The molecule has 0 aliphatic heterocycles. The van der Waals surface area contributed by atoms with Gasteiger partial charge in [-0.25, -0.2) is 0 Å². The van der Waals surface area contributed by atoms with Crippen LogP contribution in [0, 0.1) is 0 Å². The summed E-state index contributed by atoms with van der Waals surface area (Å²) in [6, 6.07) is 6.66. The molecular weight excluding hydrogens is 284 g/mol. The van der Waals surface area contributed by atoms with E-state index in [0.717, 1.165) is 16.6 Å². The van der Waals surface area contributed by atoms with Crippen molar-refractivity contribution in [3.63, 3.8) is 0 Å². The Bertz CT molecular complexity index is 365. The van der Waals surface area contributed by atoms with Crippen molar-refractivity contribution in [3.8, 4) is 0 Å². The number of likely N-dealkylation sites (N-methyl/N-ethyl adjacent to an activating group) is 1. The quantitative estimate of drug-likeness (QED) is 0.840. The summed E-state index contributed by atoms with van der Waals surface area (Å²) in [6.07, 6.45) is 0. The van der Waals surface area contributed by atoms with Crippen molar-refractivity contribution in [3.05, 3.63) is 34.3 Å². The average molecular weight is 301 g/mol. The Morgan fingerprint density at radius 1 is 1.41 bits per heavy atom. The maximum absolute atomic E-state index is 11.2. The van der Waals surface area contributed by atoms with Crippen molar-refractivity contribution in [1.82, 2.24) is 10.2 Å². The van der Waals surface area contributed by atoms with Crippen LogP contribution in [-0.2, 0) is 4.79 Å². The zero-order valence-corrected chi connectivity index (χ0v) is 11.6. The first kappa shape index (κ1) is 14.2. The van der Waals surface area contributed by atoms with E-state index in [1.807, 2.05) is 43.3 Å². The Hall–Kier alpha value is -0.910. The number of nitrogens with zero attached hydrogens (tertiary/aromatic N) is 1. The van der Waals surface area contributed by atoms with E-state index < -0.39 is 12.0 Å². The van der Waals surface area contributed by atoms with Gasteiger partial charge >= 0.3 is 5.97 Å². The Morgan fingerprint density at radius 3 is 2.47 bits per heavy atom. The Labute approximate surface area is 110 Å². The fourth-order valence-corrected chi connectivity index (χ4v) is 1.70. The molecule has 0 aliphatic rings. The number of benzene rings is 1. The summed E-state index contributed by atoms with van der Waals surface area (Å²) in [7, 11) is 3.91. The molecule has 0 saturated carbocycles. The van der Waals surface area contributed by atoms with Gasteiger partial charge in [-0.3, -0.25) is 10.1 Å². The number of hydrogen-bond donors (Lipinski definition) is 2. The lowest BCUT2D eigenvalue weighted by Crippen LogP contribution is -2.33. The third-order valence-corrected chi connectivity index (χ3v) is 2.89. The lowest BCUT2D eigenvalue weighted by atomic mass is 10.1. The highest BCUT2D eigenvalue weighted by Crippen LogP contribution is 2.17. The van der Waals surface area contributed by atoms with Crippen LogP contribution in [0.4, 0.5) is 0 Å². The van der Waals surface area contributed by atoms with Crippen molar-refractivity contribution in [2.75, 3.05) is 27.2 Å². The number of hydrogen-bond acceptors (Lipinski definition) is 3. The molecule has 0 saturated heterocycles. The number of nitrogens with one attached hydrogen (secondary N) is 1. The van der Waals surface area contributed by atoms with Gasteiger partial charge < -0.3 is 10.0 Å². The number of aliphatic carboxylic acids is 1. The van der Waals surface area contributed by atoms with Crippen molar-refractivity contribution in [1.29, 1.82) is 0 Å². The number of rotatable bonds is 6. The van der Waals surface area contributed by atoms with Gasteiger partial charge in [0.2, 0.25) is 0 Å². The van der Waals surface area contributed by atoms with Gasteiger partial charge in [-0.05, 0) is 31.8 Å². The van der Waals surface area contributed by atoms with E-state index >= 15 is 0 Å². The molecule has 0 aromatic heterocycles. The van der Waals surface area contributed by atoms with Crippen LogP contribution < -0.4 is 5.32 Å². The molecule has 94 valence electrons. The molecule has 0 aliphatic carbocycles. The summed E-state index contributed by atoms with van der Waals surface area (Å²) in [6.45, 7) is 1.44. The smallest absolute Gasteiger partial charge is 0.325 e. The van der Waals surface area contributed by atoms with Crippen LogP contribution in [-0.4, -0.2) is 43.2 Å². The fraction of sp³-hybridized carbons (Fsp3) is 0.417. The molecule has 2 N–H and O–H groups in total. The number of halogens is 1. The summed E-state index contributed by atoms with van der Waals surface area (Å²) in [5.41, 5.74) is 0.763. The molecule has 0 amide bonds. The average Bonchev–Trinajstić information content (AvgIpc) is 2.25. The van der Waals surface area contributed by atoms with Gasteiger partial charge in [0.05, 0.1) is 0 Å². The zero-order valence-electron chi connectivity index (χ0n) is 9.98. The molecule has 0 radical (unpaired) electrons.